The zero-order valence-electron chi connectivity index (χ0n) is 11.8. The van der Waals surface area contributed by atoms with Gasteiger partial charge in [0.1, 0.15) is 0 Å². The molecule has 0 N–H and O–H groups in total. The van der Waals surface area contributed by atoms with Gasteiger partial charge in [0.15, 0.2) is 0 Å². The third-order valence-electron chi connectivity index (χ3n) is 3.46. The summed E-state index contributed by atoms with van der Waals surface area (Å²) in [4.78, 5) is 0. The predicted molar refractivity (Wildman–Crippen MR) is 80.0 cm³/mol. The molecule has 0 saturated carbocycles. The van der Waals surface area contributed by atoms with Gasteiger partial charge in [-0.2, -0.15) is 0 Å². The van der Waals surface area contributed by atoms with E-state index in [-0.39, 0.29) is 5.41 Å². The van der Waals surface area contributed by atoms with E-state index in [0.29, 0.717) is 0 Å². The van der Waals surface area contributed by atoms with E-state index in [2.05, 4.69) is 76.2 Å². The van der Waals surface area contributed by atoms with E-state index in [1.165, 1.54) is 22.3 Å². The Morgan fingerprint density at radius 2 is 1.44 bits per heavy atom. The minimum Gasteiger partial charge on any atom is -0.0620 e. The molecule has 0 aliphatic heterocycles. The van der Waals surface area contributed by atoms with Gasteiger partial charge in [0.05, 0.1) is 0 Å². The largest absolute Gasteiger partial charge is 0.0620 e. The fourth-order valence-corrected chi connectivity index (χ4v) is 2.26. The van der Waals surface area contributed by atoms with Gasteiger partial charge in [-0.1, -0.05) is 76.2 Å². The third-order valence-corrected chi connectivity index (χ3v) is 3.46. The average Bonchev–Trinajstić information content (AvgIpc) is 2.38. The topological polar surface area (TPSA) is 0 Å². The zero-order chi connectivity index (χ0) is 13.2. The molecule has 94 valence electrons. The lowest BCUT2D eigenvalue weighted by molar-refractivity contribution is 0.590. The van der Waals surface area contributed by atoms with E-state index in [0.717, 1.165) is 6.42 Å². The van der Waals surface area contributed by atoms with E-state index in [9.17, 15) is 0 Å². The Morgan fingerprint density at radius 1 is 0.833 bits per heavy atom. The zero-order valence-corrected chi connectivity index (χ0v) is 11.8. The van der Waals surface area contributed by atoms with Crippen LogP contribution in [0.4, 0.5) is 0 Å². The van der Waals surface area contributed by atoms with E-state index in [1.54, 1.807) is 0 Å². The van der Waals surface area contributed by atoms with Gasteiger partial charge in [-0.25, -0.2) is 0 Å². The average molecular weight is 238 g/mol. The first-order valence-electron chi connectivity index (χ1n) is 6.71. The molecule has 0 aliphatic rings. The molecule has 0 aromatic heterocycles. The summed E-state index contributed by atoms with van der Waals surface area (Å²) >= 11 is 0. The highest BCUT2D eigenvalue weighted by Gasteiger charge is 2.13. The molecule has 0 bridgehead atoms. The van der Waals surface area contributed by atoms with Crippen molar-refractivity contribution in [3.05, 3.63) is 59.7 Å². The number of aryl methyl sites for hydroxylation is 1. The first kappa shape index (κ1) is 12.9. The molecule has 0 radical (unpaired) electrons. The number of hydrogen-bond donors (Lipinski definition) is 0. The molecule has 18 heavy (non-hydrogen) atoms. The van der Waals surface area contributed by atoms with Crippen molar-refractivity contribution in [1.29, 1.82) is 0 Å². The van der Waals surface area contributed by atoms with Gasteiger partial charge in [-0.15, -0.1) is 0 Å². The van der Waals surface area contributed by atoms with Gasteiger partial charge in [-0.3, -0.25) is 0 Å². The second-order valence-electron chi connectivity index (χ2n) is 5.84. The summed E-state index contributed by atoms with van der Waals surface area (Å²) in [5, 5.41) is 0. The van der Waals surface area contributed by atoms with Crippen molar-refractivity contribution >= 4 is 0 Å². The smallest absolute Gasteiger partial charge is 0.0132 e. The van der Waals surface area contributed by atoms with Crippen molar-refractivity contribution in [1.82, 2.24) is 0 Å². The normalized spacial score (nSPS) is 11.6. The SMILES string of the molecule is CCc1ccccc1-c1ccc(C(C)(C)C)cc1. The molecule has 0 atom stereocenters. The molecule has 0 fully saturated rings. The Kier molecular flexibility index (Phi) is 3.56. The van der Waals surface area contributed by atoms with Gasteiger partial charge in [0, 0.05) is 0 Å². The molecular formula is C18H22. The quantitative estimate of drug-likeness (QED) is 0.673. The highest BCUT2D eigenvalue weighted by atomic mass is 14.2. The van der Waals surface area contributed by atoms with Crippen molar-refractivity contribution < 1.29 is 0 Å². The number of rotatable bonds is 2. The van der Waals surface area contributed by atoms with Crippen molar-refractivity contribution in [2.75, 3.05) is 0 Å². The van der Waals surface area contributed by atoms with Crippen LogP contribution >= 0.6 is 0 Å². The molecule has 2 aromatic carbocycles. The van der Waals surface area contributed by atoms with Crippen LogP contribution in [0, 0.1) is 0 Å². The Morgan fingerprint density at radius 3 is 2.00 bits per heavy atom. The van der Waals surface area contributed by atoms with Gasteiger partial charge < -0.3 is 0 Å². The molecule has 0 nitrogen and oxygen atoms in total. The van der Waals surface area contributed by atoms with E-state index < -0.39 is 0 Å². The first-order valence-corrected chi connectivity index (χ1v) is 6.71. The Balaban J connectivity index is 2.41. The predicted octanol–water partition coefficient (Wildman–Crippen LogP) is 5.21. The maximum absolute atomic E-state index is 2.25. The molecule has 0 spiro atoms. The summed E-state index contributed by atoms with van der Waals surface area (Å²) in [7, 11) is 0. The van der Waals surface area contributed by atoms with Crippen LogP contribution in [0.2, 0.25) is 0 Å². The summed E-state index contributed by atoms with van der Waals surface area (Å²) in [6.45, 7) is 8.97. The van der Waals surface area contributed by atoms with E-state index in [1.807, 2.05) is 0 Å². The second kappa shape index (κ2) is 4.97. The first-order chi connectivity index (χ1) is 8.52. The molecule has 0 heteroatoms. The van der Waals surface area contributed by atoms with Crippen LogP contribution in [-0.4, -0.2) is 0 Å². The monoisotopic (exact) mass is 238 g/mol. The Hall–Kier alpha value is -1.56. The maximum atomic E-state index is 2.25. The van der Waals surface area contributed by atoms with Gasteiger partial charge in [0.2, 0.25) is 0 Å². The summed E-state index contributed by atoms with van der Waals surface area (Å²) < 4.78 is 0. The number of benzene rings is 2. The Labute approximate surface area is 111 Å². The maximum Gasteiger partial charge on any atom is -0.0132 e. The highest BCUT2D eigenvalue weighted by molar-refractivity contribution is 5.67. The molecule has 2 aromatic rings. The summed E-state index contributed by atoms with van der Waals surface area (Å²) in [5.41, 5.74) is 5.71. The molecule has 2 rings (SSSR count). The van der Waals surface area contributed by atoms with E-state index in [4.69, 9.17) is 0 Å². The standard InChI is InChI=1S/C18H22/c1-5-14-8-6-7-9-17(14)15-10-12-16(13-11-15)18(2,3)4/h6-13H,5H2,1-4H3. The van der Waals surface area contributed by atoms with Gasteiger partial charge in [0.25, 0.3) is 0 Å². The molecular weight excluding hydrogens is 216 g/mol. The summed E-state index contributed by atoms with van der Waals surface area (Å²) in [5.74, 6) is 0. The fourth-order valence-electron chi connectivity index (χ4n) is 2.26. The summed E-state index contributed by atoms with van der Waals surface area (Å²) in [6.07, 6.45) is 1.08. The third kappa shape index (κ3) is 2.64. The Bertz CT molecular complexity index is 512. The molecule has 0 amide bonds. The fraction of sp³-hybridized carbons (Fsp3) is 0.333. The summed E-state index contributed by atoms with van der Waals surface area (Å²) in [6, 6.07) is 17.7. The number of hydrogen-bond acceptors (Lipinski definition) is 0. The van der Waals surface area contributed by atoms with Crippen LogP contribution in [0.15, 0.2) is 48.5 Å². The lowest BCUT2D eigenvalue weighted by Crippen LogP contribution is -2.10. The van der Waals surface area contributed by atoms with Crippen LogP contribution in [-0.2, 0) is 11.8 Å². The van der Waals surface area contributed by atoms with Gasteiger partial charge in [-0.05, 0) is 34.1 Å². The molecule has 0 heterocycles. The molecule has 0 unspecified atom stereocenters. The van der Waals surface area contributed by atoms with Gasteiger partial charge >= 0.3 is 0 Å². The second-order valence-corrected chi connectivity index (χ2v) is 5.84. The highest BCUT2D eigenvalue weighted by Crippen LogP contribution is 2.28. The van der Waals surface area contributed by atoms with Crippen LogP contribution in [0.3, 0.4) is 0 Å². The minimum absolute atomic E-state index is 0.225. The minimum atomic E-state index is 0.225. The van der Waals surface area contributed by atoms with Crippen LogP contribution in [0.1, 0.15) is 38.8 Å². The van der Waals surface area contributed by atoms with Crippen LogP contribution in [0.25, 0.3) is 11.1 Å². The van der Waals surface area contributed by atoms with Crippen molar-refractivity contribution in [3.8, 4) is 11.1 Å². The molecule has 0 aliphatic carbocycles. The lowest BCUT2D eigenvalue weighted by atomic mass is 9.86. The van der Waals surface area contributed by atoms with Crippen molar-refractivity contribution in [2.24, 2.45) is 0 Å². The lowest BCUT2D eigenvalue weighted by Gasteiger charge is -2.19. The van der Waals surface area contributed by atoms with Crippen LogP contribution in [0.5, 0.6) is 0 Å². The van der Waals surface area contributed by atoms with Crippen molar-refractivity contribution in [2.45, 2.75) is 39.5 Å². The van der Waals surface area contributed by atoms with Crippen LogP contribution < -0.4 is 0 Å². The molecule has 0 saturated heterocycles. The van der Waals surface area contributed by atoms with E-state index >= 15 is 0 Å². The van der Waals surface area contributed by atoms with Crippen molar-refractivity contribution in [3.63, 3.8) is 0 Å².